The summed E-state index contributed by atoms with van der Waals surface area (Å²) in [5.41, 5.74) is 12.7. The van der Waals surface area contributed by atoms with Gasteiger partial charge in [0.15, 0.2) is 11.3 Å². The van der Waals surface area contributed by atoms with Crippen LogP contribution in [0.1, 0.15) is 131 Å². The number of para-hydroxylation sites is 2. The number of likely N-dealkylation sites (tertiary alicyclic amines) is 2. The number of amides is 2. The van der Waals surface area contributed by atoms with Gasteiger partial charge >= 0.3 is 0 Å². The molecule has 2 aromatic carbocycles. The minimum absolute atomic E-state index is 0.0795. The molecule has 0 spiro atoms. The Morgan fingerprint density at radius 3 is 1.55 bits per heavy atom. The van der Waals surface area contributed by atoms with Gasteiger partial charge in [0.05, 0.1) is 50.8 Å². The van der Waals surface area contributed by atoms with Gasteiger partial charge in [-0.3, -0.25) is 34.1 Å². The van der Waals surface area contributed by atoms with Crippen LogP contribution in [-0.2, 0) is 19.1 Å². The molecule has 0 bridgehead atoms. The van der Waals surface area contributed by atoms with E-state index in [1.54, 1.807) is 62.1 Å². The molecule has 4 fully saturated rings. The zero-order valence-corrected chi connectivity index (χ0v) is 40.2. The van der Waals surface area contributed by atoms with Crippen molar-refractivity contribution in [2.75, 3.05) is 23.5 Å². The summed E-state index contributed by atoms with van der Waals surface area (Å²) in [7, 11) is -1.75. The van der Waals surface area contributed by atoms with E-state index in [0.29, 0.717) is 76.5 Å². The molecule has 6 aromatic rings. The monoisotopic (exact) mass is 974 g/mol. The van der Waals surface area contributed by atoms with Gasteiger partial charge in [-0.05, 0) is 116 Å². The van der Waals surface area contributed by atoms with Gasteiger partial charge < -0.3 is 15.5 Å². The Kier molecular flexibility index (Phi) is 13.4. The average Bonchev–Trinajstić information content (AvgIpc) is 4.26. The van der Waals surface area contributed by atoms with E-state index in [1.165, 1.54) is 9.03 Å². The molecule has 67 heavy (non-hydrogen) atoms. The van der Waals surface area contributed by atoms with Crippen LogP contribution in [0.3, 0.4) is 0 Å². The highest BCUT2D eigenvalue weighted by Gasteiger charge is 2.38. The van der Waals surface area contributed by atoms with E-state index in [-0.39, 0.29) is 45.5 Å². The number of fused-ring (bicyclic) bond motifs is 2. The number of aromatic amines is 2. The quantitative estimate of drug-likeness (QED) is 0.0985. The predicted molar refractivity (Wildman–Crippen MR) is 256 cm³/mol. The number of aromatic nitrogens is 6. The smallest absolute Gasteiger partial charge is 0.275 e. The summed E-state index contributed by atoms with van der Waals surface area (Å²) < 4.78 is 50.8. The lowest BCUT2D eigenvalue weighted by Crippen LogP contribution is -2.39. The van der Waals surface area contributed by atoms with E-state index in [2.05, 4.69) is 24.9 Å². The van der Waals surface area contributed by atoms with Crippen LogP contribution in [0.5, 0.6) is 0 Å². The predicted octanol–water partition coefficient (Wildman–Crippen LogP) is 6.22. The lowest BCUT2D eigenvalue weighted by molar-refractivity contribution is 0.0600. The van der Waals surface area contributed by atoms with Gasteiger partial charge in [0, 0.05) is 64.1 Å². The molecule has 356 valence electrons. The van der Waals surface area contributed by atoms with Crippen LogP contribution in [0.2, 0.25) is 0 Å². The minimum Gasteiger partial charge on any atom is -0.398 e. The summed E-state index contributed by atoms with van der Waals surface area (Å²) >= 11 is 0. The highest BCUT2D eigenvalue weighted by molar-refractivity contribution is 8.14. The van der Waals surface area contributed by atoms with E-state index in [1.807, 2.05) is 36.1 Å². The van der Waals surface area contributed by atoms with Gasteiger partial charge in [-0.15, -0.1) is 0 Å². The number of aryl methyl sites for hydroxylation is 2. The maximum atomic E-state index is 13.7. The first-order valence-electron chi connectivity index (χ1n) is 22.5. The summed E-state index contributed by atoms with van der Waals surface area (Å²) in [6.45, 7) is 8.36. The van der Waals surface area contributed by atoms with Crippen LogP contribution < -0.4 is 21.6 Å². The summed E-state index contributed by atoms with van der Waals surface area (Å²) in [4.78, 5) is 64.6. The molecule has 2 aliphatic heterocycles. The van der Waals surface area contributed by atoms with Gasteiger partial charge in [-0.1, -0.05) is 24.3 Å². The number of piperidine rings is 2. The molecule has 2 aliphatic carbocycles. The Morgan fingerprint density at radius 1 is 0.657 bits per heavy atom. The molecule has 2 saturated heterocycles. The standard InChI is InChI=1S/C23H27N5O4S.C20H23N5O2.C3H5ClO2S/c1-14-15(2)24-21-13-19(25-28(21)22(14)29)20-9-5-6-12-27(20)23(30)17-7-3-4-8-18(17)26-33(31,32)16-10-11-16;1-12-13(2)22-18-11-16(23-25(18)19(12)26)17-9-5-6-10-24(17)20(27)14-7-3-4-8-15(14)21;4-7(5,6)3-1-2-3/h3-4,7-8,13,16,20,25-26H,5-6,9-12H2,1-2H3;3-4,7-8,11,17,23H,5-6,9-10,21H2,1-2H3;3H,1-2H2/t20-;17-;/m00./s1. The summed E-state index contributed by atoms with van der Waals surface area (Å²) in [6.07, 6.45) is 8.14. The molecule has 5 N–H and O–H groups in total. The fraction of sp³-hybridized carbons (Fsp3) is 0.435. The zero-order valence-electron chi connectivity index (χ0n) is 37.8. The van der Waals surface area contributed by atoms with Gasteiger partial charge in [0.1, 0.15) is 0 Å². The molecular weight excluding hydrogens is 920 g/mol. The van der Waals surface area contributed by atoms with Crippen molar-refractivity contribution in [2.24, 2.45) is 0 Å². The van der Waals surface area contributed by atoms with Gasteiger partial charge in [-0.2, -0.15) is 0 Å². The molecule has 21 heteroatoms. The molecule has 18 nitrogen and oxygen atoms in total. The van der Waals surface area contributed by atoms with Gasteiger partial charge in [-0.25, -0.2) is 35.8 Å². The van der Waals surface area contributed by atoms with E-state index >= 15 is 0 Å². The number of carbonyl (C=O) groups is 2. The van der Waals surface area contributed by atoms with E-state index in [9.17, 15) is 36.0 Å². The second-order valence-electron chi connectivity index (χ2n) is 17.7. The molecule has 2 saturated carbocycles. The maximum absolute atomic E-state index is 13.7. The van der Waals surface area contributed by atoms with Crippen LogP contribution in [0.25, 0.3) is 11.3 Å². The zero-order chi connectivity index (χ0) is 47.9. The summed E-state index contributed by atoms with van der Waals surface area (Å²) in [5, 5.41) is 5.72. The highest BCUT2D eigenvalue weighted by atomic mass is 35.7. The fourth-order valence-electron chi connectivity index (χ4n) is 8.54. The number of benzene rings is 2. The molecule has 6 heterocycles. The van der Waals surface area contributed by atoms with Crippen LogP contribution in [-0.4, -0.2) is 91.2 Å². The van der Waals surface area contributed by atoms with Crippen molar-refractivity contribution in [3.05, 3.63) is 126 Å². The first-order valence-corrected chi connectivity index (χ1v) is 26.4. The van der Waals surface area contributed by atoms with Crippen molar-refractivity contribution in [3.63, 3.8) is 0 Å². The third kappa shape index (κ3) is 10.2. The van der Waals surface area contributed by atoms with E-state index < -0.39 is 19.1 Å². The second-order valence-corrected chi connectivity index (χ2v) is 22.6. The van der Waals surface area contributed by atoms with Crippen LogP contribution in [0.15, 0.2) is 70.3 Å². The number of halogens is 1. The lowest BCUT2D eigenvalue weighted by Gasteiger charge is -2.35. The van der Waals surface area contributed by atoms with Crippen molar-refractivity contribution in [1.82, 2.24) is 39.0 Å². The highest BCUT2D eigenvalue weighted by Crippen LogP contribution is 2.36. The SMILES string of the molecule is Cc1nc2cc([C@@H]3CCCCN3C(=O)c3ccccc3N)[nH]n2c(=O)c1C.Cc1nc2cc([C@@H]3CCCCN3C(=O)c3ccccc3NS(=O)(=O)C3CC3)[nH]n2c(=O)c1C.O=S(=O)(Cl)C1CC1. The molecule has 4 aliphatic rings. The number of nitrogens with two attached hydrogens (primary N) is 1. The second kappa shape index (κ2) is 19.0. The molecule has 10 rings (SSSR count). The number of nitrogen functional groups attached to an aromatic ring is 1. The molecule has 0 unspecified atom stereocenters. The topological polar surface area (TPSA) is 247 Å². The molecular formula is C46H55ClN10O8S2. The van der Waals surface area contributed by atoms with E-state index in [4.69, 9.17) is 16.4 Å². The normalized spacial score (nSPS) is 18.8. The Labute approximate surface area is 392 Å². The molecule has 2 amide bonds. The van der Waals surface area contributed by atoms with Gasteiger partial charge in [0.2, 0.25) is 19.1 Å². The number of H-pyrrole nitrogens is 2. The fourth-order valence-corrected chi connectivity index (χ4v) is 11.2. The maximum Gasteiger partial charge on any atom is 0.275 e. The lowest BCUT2D eigenvalue weighted by atomic mass is 9.98. The largest absolute Gasteiger partial charge is 0.398 e. The molecule has 0 radical (unpaired) electrons. The number of carbonyl (C=O) groups excluding carboxylic acids is 2. The van der Waals surface area contributed by atoms with Crippen LogP contribution in [0.4, 0.5) is 11.4 Å². The number of nitrogens with one attached hydrogen (secondary N) is 3. The van der Waals surface area contributed by atoms with Crippen molar-refractivity contribution in [1.29, 1.82) is 0 Å². The molecule has 2 atom stereocenters. The first-order chi connectivity index (χ1) is 31.8. The van der Waals surface area contributed by atoms with Crippen molar-refractivity contribution < 1.29 is 26.4 Å². The van der Waals surface area contributed by atoms with Crippen molar-refractivity contribution in [3.8, 4) is 0 Å². The third-order valence-electron chi connectivity index (χ3n) is 12.9. The average molecular weight is 976 g/mol. The summed E-state index contributed by atoms with van der Waals surface area (Å²) in [6, 6.07) is 17.2. The first kappa shape index (κ1) is 47.5. The number of hydrogen-bond donors (Lipinski definition) is 4. The Balaban J connectivity index is 0.000000161. The number of hydrogen-bond acceptors (Lipinski definition) is 11. The van der Waals surface area contributed by atoms with Crippen LogP contribution in [0, 0.1) is 27.7 Å². The Bertz CT molecular complexity index is 3230. The number of rotatable bonds is 8. The molecule has 4 aromatic heterocycles. The number of anilines is 2. The van der Waals surface area contributed by atoms with Gasteiger partial charge in [0.25, 0.3) is 22.9 Å². The van der Waals surface area contributed by atoms with Crippen molar-refractivity contribution >= 4 is 64.2 Å². The minimum atomic E-state index is -3.50. The van der Waals surface area contributed by atoms with Crippen molar-refractivity contribution in [2.45, 2.75) is 114 Å². The number of sulfonamides is 1. The number of nitrogens with zero attached hydrogens (tertiary/aromatic N) is 6. The van der Waals surface area contributed by atoms with E-state index in [0.717, 1.165) is 68.4 Å². The third-order valence-corrected chi connectivity index (χ3v) is 16.8. The Morgan fingerprint density at radius 2 is 1.10 bits per heavy atom. The Hall–Kier alpha value is -5.99. The van der Waals surface area contributed by atoms with Crippen LogP contribution >= 0.6 is 10.7 Å². The summed E-state index contributed by atoms with van der Waals surface area (Å²) in [5.74, 6) is -0.316.